The van der Waals surface area contributed by atoms with Gasteiger partial charge in [-0.1, -0.05) is 0 Å². The van der Waals surface area contributed by atoms with Crippen LogP contribution in [0.4, 0.5) is 31.9 Å². The predicted molar refractivity (Wildman–Crippen MR) is 117 cm³/mol. The number of sulfonamides is 1. The number of nitrogens with zero attached hydrogens (tertiary/aromatic N) is 3. The first-order valence-corrected chi connectivity index (χ1v) is 11.3. The summed E-state index contributed by atoms with van der Waals surface area (Å²) in [7, 11) is -4.06. The number of rotatable bonds is 6. The fourth-order valence-corrected chi connectivity index (χ4v) is 4.22. The summed E-state index contributed by atoms with van der Waals surface area (Å²) < 4.78 is 59.0. The van der Waals surface area contributed by atoms with E-state index in [2.05, 4.69) is 24.9 Å². The number of morpholine rings is 1. The third-order valence-electron chi connectivity index (χ3n) is 4.75. The molecule has 1 aliphatic heterocycles. The van der Waals surface area contributed by atoms with Crippen LogP contribution in [-0.2, 0) is 14.8 Å². The second-order valence-electron chi connectivity index (χ2n) is 7.18. The molecule has 0 amide bonds. The molecule has 0 bridgehead atoms. The zero-order valence-electron chi connectivity index (χ0n) is 17.2. The fourth-order valence-electron chi connectivity index (χ4n) is 3.15. The number of benzene rings is 2. The molecule has 0 spiro atoms. The van der Waals surface area contributed by atoms with Gasteiger partial charge in [-0.05, 0) is 49.4 Å². The quantitative estimate of drug-likeness (QED) is 0.581. The summed E-state index contributed by atoms with van der Waals surface area (Å²) >= 11 is 0. The van der Waals surface area contributed by atoms with E-state index >= 15 is 0 Å². The lowest BCUT2D eigenvalue weighted by Crippen LogP contribution is -2.37. The van der Waals surface area contributed by atoms with Gasteiger partial charge in [0, 0.05) is 36.2 Å². The van der Waals surface area contributed by atoms with E-state index in [1.165, 1.54) is 0 Å². The highest BCUT2D eigenvalue weighted by molar-refractivity contribution is 7.92. The van der Waals surface area contributed by atoms with Crippen LogP contribution in [-0.4, -0.2) is 44.7 Å². The van der Waals surface area contributed by atoms with Crippen LogP contribution in [0.5, 0.6) is 0 Å². The molecule has 2 N–H and O–H groups in total. The molecule has 4 rings (SSSR count). The summed E-state index contributed by atoms with van der Waals surface area (Å²) in [5, 5.41) is 3.18. The third kappa shape index (κ3) is 5.11. The third-order valence-corrected chi connectivity index (χ3v) is 6.13. The van der Waals surface area contributed by atoms with E-state index in [-0.39, 0.29) is 10.6 Å². The highest BCUT2D eigenvalue weighted by Crippen LogP contribution is 2.23. The number of hydrogen-bond acceptors (Lipinski definition) is 7. The molecular formula is C21H21F2N5O3S. The standard InChI is InChI=1S/C21H21F2N5O3S/c1-14-12-20(26-21(24-14)28-8-10-31-11-9-28)25-15-2-4-16(5-3-15)27-32(29,30)17-6-7-18(22)19(23)13-17/h2-7,12-13,27H,8-11H2,1H3,(H,24,25,26). The van der Waals surface area contributed by atoms with Crippen LogP contribution < -0.4 is 14.9 Å². The summed E-state index contributed by atoms with van der Waals surface area (Å²) in [5.74, 6) is -1.12. The molecule has 1 fully saturated rings. The molecule has 2 heterocycles. The molecule has 3 aromatic rings. The molecule has 0 radical (unpaired) electrons. The molecule has 8 nitrogen and oxygen atoms in total. The lowest BCUT2D eigenvalue weighted by molar-refractivity contribution is 0.122. The average molecular weight is 461 g/mol. The zero-order valence-corrected chi connectivity index (χ0v) is 18.0. The van der Waals surface area contributed by atoms with Crippen molar-refractivity contribution in [1.82, 2.24) is 9.97 Å². The molecule has 2 aromatic carbocycles. The highest BCUT2D eigenvalue weighted by Gasteiger charge is 2.17. The number of hydrogen-bond donors (Lipinski definition) is 2. The normalized spacial score (nSPS) is 14.3. The maximum absolute atomic E-state index is 13.4. The second-order valence-corrected chi connectivity index (χ2v) is 8.86. The first kappa shape index (κ1) is 21.9. The van der Waals surface area contributed by atoms with Crippen molar-refractivity contribution in [2.45, 2.75) is 11.8 Å². The molecule has 0 unspecified atom stereocenters. The van der Waals surface area contributed by atoms with Gasteiger partial charge < -0.3 is 15.0 Å². The number of aromatic nitrogens is 2. The van der Waals surface area contributed by atoms with Crippen molar-refractivity contribution in [2.75, 3.05) is 41.2 Å². The molecule has 168 valence electrons. The lowest BCUT2D eigenvalue weighted by atomic mass is 10.3. The van der Waals surface area contributed by atoms with Gasteiger partial charge in [-0.25, -0.2) is 22.2 Å². The van der Waals surface area contributed by atoms with Gasteiger partial charge in [0.15, 0.2) is 11.6 Å². The maximum atomic E-state index is 13.4. The predicted octanol–water partition coefficient (Wildman–Crippen LogP) is 3.44. The van der Waals surface area contributed by atoms with Crippen LogP contribution >= 0.6 is 0 Å². The molecule has 1 aliphatic rings. The van der Waals surface area contributed by atoms with E-state index in [0.29, 0.717) is 36.7 Å². The van der Waals surface area contributed by atoms with E-state index in [9.17, 15) is 17.2 Å². The minimum Gasteiger partial charge on any atom is -0.378 e. The maximum Gasteiger partial charge on any atom is 0.261 e. The minimum atomic E-state index is -4.06. The molecule has 0 saturated carbocycles. The molecule has 0 aliphatic carbocycles. The fraction of sp³-hybridized carbons (Fsp3) is 0.238. The molecule has 1 saturated heterocycles. The van der Waals surface area contributed by atoms with Crippen molar-refractivity contribution in [3.05, 3.63) is 65.9 Å². The Kier molecular flexibility index (Phi) is 6.19. The van der Waals surface area contributed by atoms with E-state index in [4.69, 9.17) is 4.74 Å². The van der Waals surface area contributed by atoms with E-state index in [1.807, 2.05) is 13.0 Å². The van der Waals surface area contributed by atoms with Crippen molar-refractivity contribution in [3.8, 4) is 0 Å². The van der Waals surface area contributed by atoms with Gasteiger partial charge in [0.05, 0.1) is 18.1 Å². The second kappa shape index (κ2) is 9.05. The monoisotopic (exact) mass is 461 g/mol. The van der Waals surface area contributed by atoms with E-state index in [1.54, 1.807) is 24.3 Å². The number of nitrogens with one attached hydrogen (secondary N) is 2. The van der Waals surface area contributed by atoms with Gasteiger partial charge in [-0.2, -0.15) is 4.98 Å². The number of halogens is 2. The van der Waals surface area contributed by atoms with E-state index < -0.39 is 21.7 Å². The molecule has 11 heteroatoms. The van der Waals surface area contributed by atoms with Crippen molar-refractivity contribution in [2.24, 2.45) is 0 Å². The van der Waals surface area contributed by atoms with Crippen LogP contribution in [0.1, 0.15) is 5.69 Å². The van der Waals surface area contributed by atoms with Crippen molar-refractivity contribution < 1.29 is 21.9 Å². The number of aryl methyl sites for hydroxylation is 1. The largest absolute Gasteiger partial charge is 0.378 e. The van der Waals surface area contributed by atoms with Gasteiger partial charge in [0.1, 0.15) is 5.82 Å². The smallest absolute Gasteiger partial charge is 0.261 e. The molecular weight excluding hydrogens is 440 g/mol. The summed E-state index contributed by atoms with van der Waals surface area (Å²) in [5.41, 5.74) is 1.76. The van der Waals surface area contributed by atoms with Gasteiger partial charge in [0.2, 0.25) is 5.95 Å². The molecule has 1 aromatic heterocycles. The van der Waals surface area contributed by atoms with E-state index in [0.717, 1.165) is 30.9 Å². The SMILES string of the molecule is Cc1cc(Nc2ccc(NS(=O)(=O)c3ccc(F)c(F)c3)cc2)nc(N2CCOCC2)n1. The Hall–Kier alpha value is -3.31. The number of ether oxygens (including phenoxy) is 1. The van der Waals surface area contributed by atoms with Crippen LogP contribution in [0.2, 0.25) is 0 Å². The molecule has 0 atom stereocenters. The first-order valence-electron chi connectivity index (χ1n) is 9.83. The van der Waals surface area contributed by atoms with Gasteiger partial charge in [-0.3, -0.25) is 4.72 Å². The Bertz CT molecular complexity index is 1220. The van der Waals surface area contributed by atoms with Crippen LogP contribution in [0.3, 0.4) is 0 Å². The Morgan fingerprint density at radius 2 is 1.62 bits per heavy atom. The first-order chi connectivity index (χ1) is 15.3. The van der Waals surface area contributed by atoms with Crippen molar-refractivity contribution in [3.63, 3.8) is 0 Å². The van der Waals surface area contributed by atoms with Crippen LogP contribution in [0.15, 0.2) is 53.4 Å². The topological polar surface area (TPSA) is 96.5 Å². The Morgan fingerprint density at radius 1 is 0.938 bits per heavy atom. The number of anilines is 4. The zero-order chi connectivity index (χ0) is 22.7. The van der Waals surface area contributed by atoms with Gasteiger partial charge >= 0.3 is 0 Å². The van der Waals surface area contributed by atoms with Gasteiger partial charge in [0.25, 0.3) is 10.0 Å². The summed E-state index contributed by atoms with van der Waals surface area (Å²) in [6, 6.07) is 10.7. The Labute approximate surface area is 184 Å². The van der Waals surface area contributed by atoms with Crippen molar-refractivity contribution >= 4 is 33.2 Å². The Morgan fingerprint density at radius 3 is 2.31 bits per heavy atom. The highest BCUT2D eigenvalue weighted by atomic mass is 32.2. The van der Waals surface area contributed by atoms with Crippen molar-refractivity contribution in [1.29, 1.82) is 0 Å². The summed E-state index contributed by atoms with van der Waals surface area (Å²) in [6.07, 6.45) is 0. The van der Waals surface area contributed by atoms with Crippen LogP contribution in [0.25, 0.3) is 0 Å². The van der Waals surface area contributed by atoms with Gasteiger partial charge in [-0.15, -0.1) is 0 Å². The molecule has 32 heavy (non-hydrogen) atoms. The lowest BCUT2D eigenvalue weighted by Gasteiger charge is -2.27. The minimum absolute atomic E-state index is 0.271. The Balaban J connectivity index is 1.47. The average Bonchev–Trinajstić information content (AvgIpc) is 2.77. The summed E-state index contributed by atoms with van der Waals surface area (Å²) in [4.78, 5) is 10.7. The summed E-state index contributed by atoms with van der Waals surface area (Å²) in [6.45, 7) is 4.57. The van der Waals surface area contributed by atoms with Crippen LogP contribution in [0, 0.1) is 18.6 Å².